The number of carbonyl (C=O) groups excluding carboxylic acids is 1. The van der Waals surface area contributed by atoms with Gasteiger partial charge in [-0.3, -0.25) is 10.1 Å². The molecule has 0 bridgehead atoms. The zero-order chi connectivity index (χ0) is 14.0. The number of ether oxygens (including phenoxy) is 1. The van der Waals surface area contributed by atoms with Crippen molar-refractivity contribution in [1.82, 2.24) is 5.32 Å². The topological polar surface area (TPSA) is 64.4 Å². The first-order valence-electron chi connectivity index (χ1n) is 7.46. The number of nitrogens with one attached hydrogen (secondary N) is 1. The first-order valence-corrected chi connectivity index (χ1v) is 7.46. The van der Waals surface area contributed by atoms with Crippen molar-refractivity contribution in [3.63, 3.8) is 0 Å². The molecule has 1 amide bonds. The Kier molecular flexibility index (Phi) is 3.76. The van der Waals surface area contributed by atoms with Crippen molar-refractivity contribution in [2.75, 3.05) is 6.61 Å². The van der Waals surface area contributed by atoms with Crippen LogP contribution >= 0.6 is 0 Å². The summed E-state index contributed by atoms with van der Waals surface area (Å²) in [4.78, 5) is 12.2. The zero-order valence-corrected chi connectivity index (χ0v) is 11.7. The molecule has 1 aromatic carbocycles. The van der Waals surface area contributed by atoms with Crippen molar-refractivity contribution in [3.8, 4) is 0 Å². The van der Waals surface area contributed by atoms with Crippen LogP contribution in [-0.2, 0) is 21.7 Å². The smallest absolute Gasteiger partial charge is 0.244 e. The molecule has 0 saturated heterocycles. The van der Waals surface area contributed by atoms with Crippen LogP contribution in [0.15, 0.2) is 24.3 Å². The molecule has 0 radical (unpaired) electrons. The minimum Gasteiger partial charge on any atom is -0.374 e. The fraction of sp³-hybridized carbons (Fsp3) is 0.562. The van der Waals surface area contributed by atoms with E-state index in [-0.39, 0.29) is 5.91 Å². The lowest BCUT2D eigenvalue weighted by atomic mass is 9.82. The zero-order valence-electron chi connectivity index (χ0n) is 11.7. The Hall–Kier alpha value is -1.39. The fourth-order valence-corrected chi connectivity index (χ4v) is 3.44. The van der Waals surface area contributed by atoms with Gasteiger partial charge in [-0.05, 0) is 24.0 Å². The van der Waals surface area contributed by atoms with Gasteiger partial charge in [0.05, 0.1) is 13.2 Å². The van der Waals surface area contributed by atoms with Gasteiger partial charge in [-0.1, -0.05) is 43.5 Å². The minimum absolute atomic E-state index is 0.329. The maximum absolute atomic E-state index is 12.2. The molecule has 20 heavy (non-hydrogen) atoms. The predicted molar refractivity (Wildman–Crippen MR) is 77.0 cm³/mol. The summed E-state index contributed by atoms with van der Waals surface area (Å²) in [6, 6.07) is 8.29. The molecule has 1 heterocycles. The Morgan fingerprint density at radius 1 is 1.25 bits per heavy atom. The van der Waals surface area contributed by atoms with Gasteiger partial charge in [-0.25, -0.2) is 0 Å². The molecule has 3 rings (SSSR count). The Bertz CT molecular complexity index is 497. The van der Waals surface area contributed by atoms with E-state index in [1.165, 1.54) is 19.3 Å². The van der Waals surface area contributed by atoms with Gasteiger partial charge < -0.3 is 10.5 Å². The lowest BCUT2D eigenvalue weighted by Crippen LogP contribution is -2.60. The molecule has 1 aliphatic carbocycles. The normalized spacial score (nSPS) is 27.0. The molecule has 3 N–H and O–H groups in total. The van der Waals surface area contributed by atoms with Gasteiger partial charge in [-0.2, -0.15) is 0 Å². The molecule has 1 atom stereocenters. The SMILES string of the molecule is NC(=O)C1(NC2CCCCC2)COCc2ccccc21. The Morgan fingerprint density at radius 3 is 2.75 bits per heavy atom. The van der Waals surface area contributed by atoms with Crippen molar-refractivity contribution in [2.24, 2.45) is 5.73 Å². The molecule has 4 heteroatoms. The second kappa shape index (κ2) is 5.54. The molecule has 1 aromatic rings. The maximum Gasteiger partial charge on any atom is 0.244 e. The molecule has 108 valence electrons. The Morgan fingerprint density at radius 2 is 2.00 bits per heavy atom. The largest absolute Gasteiger partial charge is 0.374 e. The summed E-state index contributed by atoms with van der Waals surface area (Å²) < 4.78 is 5.65. The monoisotopic (exact) mass is 274 g/mol. The molecular weight excluding hydrogens is 252 g/mol. The number of benzene rings is 1. The summed E-state index contributed by atoms with van der Waals surface area (Å²) in [6.07, 6.45) is 5.94. The van der Waals surface area contributed by atoms with E-state index in [2.05, 4.69) is 5.32 Å². The third-order valence-corrected chi connectivity index (χ3v) is 4.53. The minimum atomic E-state index is -0.864. The number of hydrogen-bond acceptors (Lipinski definition) is 3. The van der Waals surface area contributed by atoms with Gasteiger partial charge in [0.25, 0.3) is 0 Å². The summed E-state index contributed by atoms with van der Waals surface area (Å²) in [6.45, 7) is 0.882. The van der Waals surface area contributed by atoms with E-state index in [1.807, 2.05) is 24.3 Å². The van der Waals surface area contributed by atoms with Crippen molar-refractivity contribution in [2.45, 2.75) is 50.3 Å². The third-order valence-electron chi connectivity index (χ3n) is 4.53. The average molecular weight is 274 g/mol. The van der Waals surface area contributed by atoms with Crippen LogP contribution in [0.4, 0.5) is 0 Å². The summed E-state index contributed by atoms with van der Waals surface area (Å²) in [5.41, 5.74) is 6.93. The van der Waals surface area contributed by atoms with E-state index in [4.69, 9.17) is 10.5 Å². The van der Waals surface area contributed by atoms with Crippen LogP contribution in [0.1, 0.15) is 43.2 Å². The van der Waals surface area contributed by atoms with E-state index < -0.39 is 5.54 Å². The number of primary amides is 1. The molecule has 0 spiro atoms. The fourth-order valence-electron chi connectivity index (χ4n) is 3.44. The van der Waals surface area contributed by atoms with Crippen LogP contribution in [0.3, 0.4) is 0 Å². The van der Waals surface area contributed by atoms with Gasteiger partial charge in [-0.15, -0.1) is 0 Å². The number of hydrogen-bond donors (Lipinski definition) is 2. The predicted octanol–water partition coefficient (Wildman–Crippen LogP) is 1.82. The third kappa shape index (κ3) is 2.34. The highest BCUT2D eigenvalue weighted by Gasteiger charge is 2.44. The van der Waals surface area contributed by atoms with Crippen LogP contribution < -0.4 is 11.1 Å². The lowest BCUT2D eigenvalue weighted by Gasteiger charge is -2.40. The van der Waals surface area contributed by atoms with Gasteiger partial charge in [0.15, 0.2) is 0 Å². The second-order valence-corrected chi connectivity index (χ2v) is 5.90. The van der Waals surface area contributed by atoms with Crippen LogP contribution in [0.25, 0.3) is 0 Å². The standard InChI is InChI=1S/C16H22N2O2/c17-15(19)16(18-13-7-2-1-3-8-13)11-20-10-12-6-4-5-9-14(12)16/h4-6,9,13,18H,1-3,7-8,10-11H2,(H2,17,19). The van der Waals surface area contributed by atoms with Crippen molar-refractivity contribution in [1.29, 1.82) is 0 Å². The summed E-state index contributed by atoms with van der Waals surface area (Å²) >= 11 is 0. The van der Waals surface area contributed by atoms with Gasteiger partial charge in [0.1, 0.15) is 5.54 Å². The molecular formula is C16H22N2O2. The quantitative estimate of drug-likeness (QED) is 0.883. The van der Waals surface area contributed by atoms with E-state index >= 15 is 0 Å². The number of amides is 1. The number of fused-ring (bicyclic) bond motifs is 1. The number of nitrogens with two attached hydrogens (primary N) is 1. The average Bonchev–Trinajstić information content (AvgIpc) is 2.48. The maximum atomic E-state index is 12.2. The summed E-state index contributed by atoms with van der Waals surface area (Å²) in [5, 5.41) is 3.53. The van der Waals surface area contributed by atoms with Gasteiger partial charge >= 0.3 is 0 Å². The lowest BCUT2D eigenvalue weighted by molar-refractivity contribution is -0.129. The van der Waals surface area contributed by atoms with Crippen molar-refractivity contribution in [3.05, 3.63) is 35.4 Å². The molecule has 1 unspecified atom stereocenters. The van der Waals surface area contributed by atoms with Gasteiger partial charge in [0.2, 0.25) is 5.91 Å². The second-order valence-electron chi connectivity index (χ2n) is 5.90. The van der Waals surface area contributed by atoms with E-state index in [0.717, 1.165) is 24.0 Å². The van der Waals surface area contributed by atoms with E-state index in [0.29, 0.717) is 19.3 Å². The van der Waals surface area contributed by atoms with Crippen LogP contribution in [0.2, 0.25) is 0 Å². The highest BCUT2D eigenvalue weighted by atomic mass is 16.5. The number of rotatable bonds is 3. The van der Waals surface area contributed by atoms with E-state index in [9.17, 15) is 4.79 Å². The highest BCUT2D eigenvalue weighted by Crippen LogP contribution is 2.32. The van der Waals surface area contributed by atoms with Crippen molar-refractivity contribution < 1.29 is 9.53 Å². The number of carbonyl (C=O) groups is 1. The molecule has 0 aromatic heterocycles. The molecule has 1 fully saturated rings. The summed E-state index contributed by atoms with van der Waals surface area (Å²) in [7, 11) is 0. The van der Waals surface area contributed by atoms with Crippen LogP contribution in [-0.4, -0.2) is 18.6 Å². The first kappa shape index (κ1) is 13.6. The van der Waals surface area contributed by atoms with Crippen molar-refractivity contribution >= 4 is 5.91 Å². The van der Waals surface area contributed by atoms with Gasteiger partial charge in [0, 0.05) is 6.04 Å². The molecule has 1 aliphatic heterocycles. The van der Waals surface area contributed by atoms with Crippen LogP contribution in [0.5, 0.6) is 0 Å². The first-order chi connectivity index (χ1) is 9.72. The van der Waals surface area contributed by atoms with Crippen LogP contribution in [0, 0.1) is 0 Å². The van der Waals surface area contributed by atoms with E-state index in [1.54, 1.807) is 0 Å². The molecule has 4 nitrogen and oxygen atoms in total. The highest BCUT2D eigenvalue weighted by molar-refractivity contribution is 5.87. The Labute approximate surface area is 119 Å². The molecule has 1 saturated carbocycles. The molecule has 2 aliphatic rings. The summed E-state index contributed by atoms with van der Waals surface area (Å²) in [5.74, 6) is -0.338. The Balaban J connectivity index is 1.94.